The molecule has 1 aromatic rings. The molecule has 0 aliphatic heterocycles. The Morgan fingerprint density at radius 2 is 2.10 bits per heavy atom. The molecular formula is C15H21FN2O2. The molecule has 1 aliphatic rings. The van der Waals surface area contributed by atoms with Crippen LogP contribution in [0.25, 0.3) is 0 Å². The van der Waals surface area contributed by atoms with Crippen molar-refractivity contribution in [1.82, 2.24) is 5.32 Å². The fourth-order valence-electron chi connectivity index (χ4n) is 2.48. The standard InChI is InChI=1S/C15H21FN2O2/c1-20-14-9-12(7-8-13(14)16)17-10-15(19)18-11-5-3-2-4-6-11/h7-9,11,17H,2-6,10H2,1H3,(H,18,19). The van der Waals surface area contributed by atoms with Crippen LogP contribution in [0.4, 0.5) is 10.1 Å². The van der Waals surface area contributed by atoms with Crippen LogP contribution in [0, 0.1) is 5.82 Å². The number of halogens is 1. The third-order valence-corrected chi connectivity index (χ3v) is 3.57. The normalized spacial score (nSPS) is 15.7. The molecule has 1 aromatic carbocycles. The summed E-state index contributed by atoms with van der Waals surface area (Å²) in [5, 5.41) is 6.00. The Morgan fingerprint density at radius 3 is 2.80 bits per heavy atom. The van der Waals surface area contributed by atoms with E-state index >= 15 is 0 Å². The van der Waals surface area contributed by atoms with Gasteiger partial charge in [-0.05, 0) is 25.0 Å². The summed E-state index contributed by atoms with van der Waals surface area (Å²) in [5.74, 6) is -0.271. The van der Waals surface area contributed by atoms with Gasteiger partial charge in [-0.25, -0.2) is 4.39 Å². The molecule has 20 heavy (non-hydrogen) atoms. The van der Waals surface area contributed by atoms with Crippen LogP contribution in [0.15, 0.2) is 18.2 Å². The first kappa shape index (κ1) is 14.6. The molecule has 2 rings (SSSR count). The number of nitrogens with one attached hydrogen (secondary N) is 2. The Morgan fingerprint density at radius 1 is 1.35 bits per heavy atom. The van der Waals surface area contributed by atoms with Crippen LogP contribution < -0.4 is 15.4 Å². The van der Waals surface area contributed by atoms with Gasteiger partial charge in [-0.2, -0.15) is 0 Å². The molecule has 1 fully saturated rings. The van der Waals surface area contributed by atoms with Gasteiger partial charge >= 0.3 is 0 Å². The van der Waals surface area contributed by atoms with Crippen molar-refractivity contribution < 1.29 is 13.9 Å². The first-order valence-electron chi connectivity index (χ1n) is 7.06. The summed E-state index contributed by atoms with van der Waals surface area (Å²) < 4.78 is 18.1. The first-order chi connectivity index (χ1) is 9.69. The zero-order chi connectivity index (χ0) is 14.4. The molecule has 1 amide bonds. The predicted molar refractivity (Wildman–Crippen MR) is 76.5 cm³/mol. The second-order valence-electron chi connectivity index (χ2n) is 5.11. The van der Waals surface area contributed by atoms with E-state index in [1.54, 1.807) is 12.1 Å². The lowest BCUT2D eigenvalue weighted by Gasteiger charge is -2.22. The van der Waals surface area contributed by atoms with E-state index in [9.17, 15) is 9.18 Å². The van der Waals surface area contributed by atoms with E-state index in [4.69, 9.17) is 4.74 Å². The van der Waals surface area contributed by atoms with Gasteiger partial charge in [-0.15, -0.1) is 0 Å². The van der Waals surface area contributed by atoms with E-state index < -0.39 is 5.82 Å². The van der Waals surface area contributed by atoms with Gasteiger partial charge in [0.25, 0.3) is 0 Å². The number of ether oxygens (including phenoxy) is 1. The number of anilines is 1. The van der Waals surface area contributed by atoms with Crippen LogP contribution in [0.2, 0.25) is 0 Å². The summed E-state index contributed by atoms with van der Waals surface area (Å²) >= 11 is 0. The Hall–Kier alpha value is -1.78. The predicted octanol–water partition coefficient (Wildman–Crippen LogP) is 2.70. The maximum atomic E-state index is 13.2. The van der Waals surface area contributed by atoms with E-state index in [1.165, 1.54) is 32.4 Å². The number of methoxy groups -OCH3 is 1. The SMILES string of the molecule is COc1cc(NCC(=O)NC2CCCCC2)ccc1F. The van der Waals surface area contributed by atoms with Gasteiger partial charge in [0.15, 0.2) is 11.6 Å². The Bertz CT molecular complexity index is 459. The maximum Gasteiger partial charge on any atom is 0.239 e. The minimum Gasteiger partial charge on any atom is -0.494 e. The number of hydrogen-bond donors (Lipinski definition) is 2. The van der Waals surface area contributed by atoms with E-state index in [-0.39, 0.29) is 18.2 Å². The molecule has 0 radical (unpaired) electrons. The molecule has 5 heteroatoms. The molecular weight excluding hydrogens is 259 g/mol. The Labute approximate surface area is 118 Å². The van der Waals surface area contributed by atoms with Crippen molar-refractivity contribution in [2.75, 3.05) is 19.0 Å². The number of carbonyl (C=O) groups excluding carboxylic acids is 1. The summed E-state index contributed by atoms with van der Waals surface area (Å²) in [6.07, 6.45) is 5.77. The highest BCUT2D eigenvalue weighted by molar-refractivity contribution is 5.81. The van der Waals surface area contributed by atoms with Gasteiger partial charge < -0.3 is 15.4 Å². The minimum absolute atomic E-state index is 0.0276. The molecule has 0 unspecified atom stereocenters. The molecule has 0 spiro atoms. The molecule has 4 nitrogen and oxygen atoms in total. The molecule has 1 aliphatic carbocycles. The fourth-order valence-corrected chi connectivity index (χ4v) is 2.48. The summed E-state index contributed by atoms with van der Waals surface area (Å²) in [6, 6.07) is 4.76. The highest BCUT2D eigenvalue weighted by Crippen LogP contribution is 2.21. The summed E-state index contributed by atoms with van der Waals surface area (Å²) in [5.41, 5.74) is 0.669. The van der Waals surface area contributed by atoms with Crippen molar-refractivity contribution in [2.45, 2.75) is 38.1 Å². The van der Waals surface area contributed by atoms with Gasteiger partial charge in [0, 0.05) is 17.8 Å². The number of rotatable bonds is 5. The Balaban J connectivity index is 1.80. The third-order valence-electron chi connectivity index (χ3n) is 3.57. The molecule has 2 N–H and O–H groups in total. The number of amides is 1. The van der Waals surface area contributed by atoms with E-state index in [0.29, 0.717) is 11.7 Å². The van der Waals surface area contributed by atoms with Crippen molar-refractivity contribution in [3.63, 3.8) is 0 Å². The van der Waals surface area contributed by atoms with Crippen molar-refractivity contribution in [2.24, 2.45) is 0 Å². The lowest BCUT2D eigenvalue weighted by atomic mass is 9.95. The fraction of sp³-hybridized carbons (Fsp3) is 0.533. The van der Waals surface area contributed by atoms with Crippen LogP contribution in [0.5, 0.6) is 5.75 Å². The molecule has 0 bridgehead atoms. The average Bonchev–Trinajstić information content (AvgIpc) is 2.47. The lowest BCUT2D eigenvalue weighted by molar-refractivity contribution is -0.120. The maximum absolute atomic E-state index is 13.2. The van der Waals surface area contributed by atoms with E-state index in [1.807, 2.05) is 0 Å². The van der Waals surface area contributed by atoms with Crippen LogP contribution in [-0.2, 0) is 4.79 Å². The Kier molecular flexibility index (Phi) is 5.21. The summed E-state index contributed by atoms with van der Waals surface area (Å²) in [4.78, 5) is 11.8. The minimum atomic E-state index is -0.412. The molecule has 0 saturated heterocycles. The zero-order valence-electron chi connectivity index (χ0n) is 11.7. The van der Waals surface area contributed by atoms with Crippen LogP contribution in [0.3, 0.4) is 0 Å². The monoisotopic (exact) mass is 280 g/mol. The molecule has 0 heterocycles. The molecule has 1 saturated carbocycles. The summed E-state index contributed by atoms with van der Waals surface area (Å²) in [7, 11) is 1.41. The number of benzene rings is 1. The van der Waals surface area contributed by atoms with Crippen molar-refractivity contribution in [3.05, 3.63) is 24.0 Å². The lowest BCUT2D eigenvalue weighted by Crippen LogP contribution is -2.39. The van der Waals surface area contributed by atoms with Crippen LogP contribution >= 0.6 is 0 Å². The van der Waals surface area contributed by atoms with E-state index in [2.05, 4.69) is 10.6 Å². The zero-order valence-corrected chi connectivity index (χ0v) is 11.7. The van der Waals surface area contributed by atoms with Gasteiger partial charge in [0.1, 0.15) is 0 Å². The topological polar surface area (TPSA) is 50.4 Å². The van der Waals surface area contributed by atoms with E-state index in [0.717, 1.165) is 12.8 Å². The van der Waals surface area contributed by atoms with Crippen molar-refractivity contribution in [1.29, 1.82) is 0 Å². The second kappa shape index (κ2) is 7.12. The van der Waals surface area contributed by atoms with Gasteiger partial charge in [-0.3, -0.25) is 4.79 Å². The molecule has 110 valence electrons. The van der Waals surface area contributed by atoms with Gasteiger partial charge in [-0.1, -0.05) is 19.3 Å². The number of carbonyl (C=O) groups is 1. The third kappa shape index (κ3) is 4.11. The molecule has 0 aromatic heterocycles. The largest absolute Gasteiger partial charge is 0.494 e. The summed E-state index contributed by atoms with van der Waals surface area (Å²) in [6.45, 7) is 0.186. The molecule has 0 atom stereocenters. The van der Waals surface area contributed by atoms with Gasteiger partial charge in [0.05, 0.1) is 13.7 Å². The van der Waals surface area contributed by atoms with Crippen molar-refractivity contribution >= 4 is 11.6 Å². The quantitative estimate of drug-likeness (QED) is 0.872. The smallest absolute Gasteiger partial charge is 0.239 e. The highest BCUT2D eigenvalue weighted by atomic mass is 19.1. The second-order valence-corrected chi connectivity index (χ2v) is 5.11. The average molecular weight is 280 g/mol. The first-order valence-corrected chi connectivity index (χ1v) is 7.06. The highest BCUT2D eigenvalue weighted by Gasteiger charge is 2.15. The van der Waals surface area contributed by atoms with Crippen molar-refractivity contribution in [3.8, 4) is 5.75 Å². The number of hydrogen-bond acceptors (Lipinski definition) is 3. The van der Waals surface area contributed by atoms with Gasteiger partial charge in [0.2, 0.25) is 5.91 Å². The van der Waals surface area contributed by atoms with Crippen LogP contribution in [0.1, 0.15) is 32.1 Å². The van der Waals surface area contributed by atoms with Crippen LogP contribution in [-0.4, -0.2) is 25.6 Å².